The number of hydrazine groups is 1. The number of amides is 2. The van der Waals surface area contributed by atoms with Crippen molar-refractivity contribution >= 4 is 22.0 Å². The Morgan fingerprint density at radius 2 is 1.73 bits per heavy atom. The summed E-state index contributed by atoms with van der Waals surface area (Å²) in [4.78, 5) is 24.6. The van der Waals surface area contributed by atoms with Crippen molar-refractivity contribution in [2.75, 3.05) is 7.11 Å². The van der Waals surface area contributed by atoms with E-state index < -0.39 is 28.1 Å². The fraction of sp³-hybridized carbons (Fsp3) is 0.238. The van der Waals surface area contributed by atoms with Gasteiger partial charge in [-0.15, -0.1) is 0 Å². The molecule has 1 unspecified atom stereocenters. The van der Waals surface area contributed by atoms with Crippen molar-refractivity contribution in [3.63, 3.8) is 0 Å². The van der Waals surface area contributed by atoms with E-state index in [0.29, 0.717) is 5.92 Å². The summed E-state index contributed by atoms with van der Waals surface area (Å²) in [5, 5.41) is 1.27. The summed E-state index contributed by atoms with van der Waals surface area (Å²) in [5.74, 6) is -0.451. The minimum absolute atomic E-state index is 0.147. The molecule has 1 aliphatic heterocycles. The Hall–Kier alpha value is -3.33. The fourth-order valence-corrected chi connectivity index (χ4v) is 4.52. The average Bonchev–Trinajstić information content (AvgIpc) is 3.51. The SMILES string of the molecule is COC(=O)c1ccccc1S(=O)(=O)NC(=O)N1NC(C2CC2)=CC1c1ccccc1. The second kappa shape index (κ2) is 7.83. The lowest BCUT2D eigenvalue weighted by Gasteiger charge is -2.25. The first-order valence-electron chi connectivity index (χ1n) is 9.47. The number of rotatable bonds is 5. The highest BCUT2D eigenvalue weighted by Crippen LogP contribution is 2.40. The number of methoxy groups -OCH3 is 1. The van der Waals surface area contributed by atoms with E-state index in [0.717, 1.165) is 31.2 Å². The van der Waals surface area contributed by atoms with Gasteiger partial charge in [0.1, 0.15) is 10.9 Å². The molecule has 1 saturated carbocycles. The average molecular weight is 427 g/mol. The number of urea groups is 1. The van der Waals surface area contributed by atoms with Crippen LogP contribution < -0.4 is 10.1 Å². The van der Waals surface area contributed by atoms with Gasteiger partial charge in [0.05, 0.1) is 12.7 Å². The van der Waals surface area contributed by atoms with E-state index in [1.165, 1.54) is 29.3 Å². The van der Waals surface area contributed by atoms with Gasteiger partial charge in [0.15, 0.2) is 0 Å². The fourth-order valence-electron chi connectivity index (χ4n) is 3.38. The van der Waals surface area contributed by atoms with E-state index in [-0.39, 0.29) is 10.5 Å². The molecule has 0 radical (unpaired) electrons. The van der Waals surface area contributed by atoms with Crippen LogP contribution in [0.2, 0.25) is 0 Å². The zero-order chi connectivity index (χ0) is 21.3. The molecule has 8 nitrogen and oxygen atoms in total. The van der Waals surface area contributed by atoms with Gasteiger partial charge in [0.2, 0.25) is 0 Å². The molecule has 1 aliphatic carbocycles. The summed E-state index contributed by atoms with van der Waals surface area (Å²) in [6, 6.07) is 13.6. The minimum atomic E-state index is -4.32. The van der Waals surface area contributed by atoms with Gasteiger partial charge in [0.25, 0.3) is 10.0 Å². The third kappa shape index (κ3) is 3.88. The highest BCUT2D eigenvalue weighted by molar-refractivity contribution is 7.90. The number of hydrogen-bond donors (Lipinski definition) is 2. The molecule has 9 heteroatoms. The summed E-state index contributed by atoms with van der Waals surface area (Å²) < 4.78 is 32.5. The van der Waals surface area contributed by atoms with E-state index in [1.54, 1.807) is 0 Å². The van der Waals surface area contributed by atoms with Crippen LogP contribution in [0.15, 0.2) is 71.3 Å². The van der Waals surface area contributed by atoms with Crippen LogP contribution in [0.5, 0.6) is 0 Å². The summed E-state index contributed by atoms with van der Waals surface area (Å²) in [7, 11) is -3.15. The number of ether oxygens (including phenoxy) is 1. The molecule has 30 heavy (non-hydrogen) atoms. The van der Waals surface area contributed by atoms with E-state index in [1.807, 2.05) is 36.4 Å². The van der Waals surface area contributed by atoms with Crippen LogP contribution in [-0.2, 0) is 14.8 Å². The summed E-state index contributed by atoms with van der Waals surface area (Å²) >= 11 is 0. The van der Waals surface area contributed by atoms with Crippen molar-refractivity contribution in [2.24, 2.45) is 5.92 Å². The molecular weight excluding hydrogens is 406 g/mol. The van der Waals surface area contributed by atoms with Crippen LogP contribution in [0, 0.1) is 5.92 Å². The molecule has 2 aliphatic rings. The molecule has 2 N–H and O–H groups in total. The van der Waals surface area contributed by atoms with Gasteiger partial charge in [-0.1, -0.05) is 42.5 Å². The van der Waals surface area contributed by atoms with Crippen LogP contribution in [0.25, 0.3) is 0 Å². The Kier molecular flexibility index (Phi) is 5.21. The first-order valence-corrected chi connectivity index (χ1v) is 11.0. The second-order valence-corrected chi connectivity index (χ2v) is 8.78. The van der Waals surface area contributed by atoms with Crippen molar-refractivity contribution in [3.8, 4) is 0 Å². The number of allylic oxidation sites excluding steroid dienone is 1. The first kappa shape index (κ1) is 20.0. The van der Waals surface area contributed by atoms with Crippen LogP contribution in [0.4, 0.5) is 4.79 Å². The van der Waals surface area contributed by atoms with Crippen LogP contribution >= 0.6 is 0 Å². The Morgan fingerprint density at radius 3 is 2.40 bits per heavy atom. The molecule has 2 aromatic rings. The third-order valence-electron chi connectivity index (χ3n) is 5.05. The van der Waals surface area contributed by atoms with Gasteiger partial charge >= 0.3 is 12.0 Å². The predicted molar refractivity (Wildman–Crippen MR) is 108 cm³/mol. The van der Waals surface area contributed by atoms with E-state index >= 15 is 0 Å². The Labute approximate surface area is 174 Å². The van der Waals surface area contributed by atoms with Crippen molar-refractivity contribution in [3.05, 3.63) is 77.5 Å². The summed E-state index contributed by atoms with van der Waals surface area (Å²) in [6.45, 7) is 0. The number of esters is 1. The summed E-state index contributed by atoms with van der Waals surface area (Å²) in [5.41, 5.74) is 4.66. The largest absolute Gasteiger partial charge is 0.465 e. The normalized spacial score (nSPS) is 18.4. The monoisotopic (exact) mass is 427 g/mol. The Balaban J connectivity index is 1.61. The lowest BCUT2D eigenvalue weighted by atomic mass is 10.1. The molecule has 1 heterocycles. The Morgan fingerprint density at radius 1 is 1.07 bits per heavy atom. The number of nitrogens with one attached hydrogen (secondary N) is 2. The summed E-state index contributed by atoms with van der Waals surface area (Å²) in [6.07, 6.45) is 4.00. The number of carbonyl (C=O) groups is 2. The smallest absolute Gasteiger partial charge is 0.350 e. The first-order chi connectivity index (χ1) is 14.4. The second-order valence-electron chi connectivity index (χ2n) is 7.13. The quantitative estimate of drug-likeness (QED) is 0.711. The molecule has 156 valence electrons. The molecule has 0 aromatic heterocycles. The number of nitrogens with zero attached hydrogens (tertiary/aromatic N) is 1. The van der Waals surface area contributed by atoms with Gasteiger partial charge in [-0.3, -0.25) is 5.43 Å². The number of sulfonamides is 1. The standard InChI is InChI=1S/C21H21N3O5S/c1-29-20(25)16-9-5-6-10-19(16)30(27,28)23-21(26)24-18(15-7-3-2-4-8-15)13-17(22-24)14-11-12-14/h2-10,13-14,18,22H,11-12H2,1H3,(H,23,26). The molecule has 4 rings (SSSR count). The Bertz CT molecular complexity index is 1110. The molecule has 1 fully saturated rings. The lowest BCUT2D eigenvalue weighted by molar-refractivity contribution is 0.0596. The zero-order valence-electron chi connectivity index (χ0n) is 16.2. The predicted octanol–water partition coefficient (Wildman–Crippen LogP) is 2.73. The topological polar surface area (TPSA) is 105 Å². The van der Waals surface area contributed by atoms with Crippen LogP contribution in [0.1, 0.15) is 34.8 Å². The molecule has 0 bridgehead atoms. The van der Waals surface area contributed by atoms with Gasteiger partial charge in [0, 0.05) is 11.6 Å². The lowest BCUT2D eigenvalue weighted by Crippen LogP contribution is -2.48. The van der Waals surface area contributed by atoms with Gasteiger partial charge in [-0.25, -0.2) is 27.7 Å². The van der Waals surface area contributed by atoms with E-state index in [9.17, 15) is 18.0 Å². The number of carbonyl (C=O) groups excluding carboxylic acids is 2. The maximum Gasteiger partial charge on any atom is 0.350 e. The highest BCUT2D eigenvalue weighted by atomic mass is 32.2. The van der Waals surface area contributed by atoms with Crippen molar-refractivity contribution in [1.29, 1.82) is 0 Å². The molecule has 0 spiro atoms. The molecule has 2 aromatic carbocycles. The van der Waals surface area contributed by atoms with Gasteiger partial charge in [-0.05, 0) is 36.6 Å². The maximum absolute atomic E-state index is 13.0. The van der Waals surface area contributed by atoms with Gasteiger partial charge < -0.3 is 4.74 Å². The zero-order valence-corrected chi connectivity index (χ0v) is 17.1. The van der Waals surface area contributed by atoms with Crippen molar-refractivity contribution < 1.29 is 22.7 Å². The van der Waals surface area contributed by atoms with Crippen molar-refractivity contribution in [1.82, 2.24) is 15.2 Å². The van der Waals surface area contributed by atoms with Crippen LogP contribution in [0.3, 0.4) is 0 Å². The van der Waals surface area contributed by atoms with Crippen molar-refractivity contribution in [2.45, 2.75) is 23.8 Å². The van der Waals surface area contributed by atoms with E-state index in [2.05, 4.69) is 14.9 Å². The number of hydrogen-bond acceptors (Lipinski definition) is 6. The molecule has 2 amide bonds. The number of benzene rings is 2. The molecular formula is C21H21N3O5S. The maximum atomic E-state index is 13.0. The third-order valence-corrected chi connectivity index (χ3v) is 6.42. The molecule has 0 saturated heterocycles. The van der Waals surface area contributed by atoms with Gasteiger partial charge in [-0.2, -0.15) is 0 Å². The minimum Gasteiger partial charge on any atom is -0.465 e. The van der Waals surface area contributed by atoms with Crippen LogP contribution in [-0.4, -0.2) is 32.5 Å². The molecule has 1 atom stereocenters. The highest BCUT2D eigenvalue weighted by Gasteiger charge is 2.38. The van der Waals surface area contributed by atoms with E-state index in [4.69, 9.17) is 0 Å².